The molecule has 35 heavy (non-hydrogen) atoms. The summed E-state index contributed by atoms with van der Waals surface area (Å²) in [6, 6.07) is 10.5. The summed E-state index contributed by atoms with van der Waals surface area (Å²) in [5, 5.41) is 0.477. The number of amides is 1. The van der Waals surface area contributed by atoms with Crippen molar-refractivity contribution >= 4 is 42.6 Å². The number of aromatic nitrogens is 1. The first kappa shape index (κ1) is 25.7. The Morgan fingerprint density at radius 1 is 1.09 bits per heavy atom. The fourth-order valence-electron chi connectivity index (χ4n) is 4.46. The number of fused-ring (bicyclic) bond motifs is 1. The van der Waals surface area contributed by atoms with Crippen molar-refractivity contribution < 1.29 is 17.6 Å². The minimum atomic E-state index is -3.63. The van der Waals surface area contributed by atoms with Crippen LogP contribution in [0.2, 0.25) is 0 Å². The van der Waals surface area contributed by atoms with Gasteiger partial charge in [0.1, 0.15) is 5.82 Å². The maximum Gasteiger partial charge on any atom is 0.260 e. The van der Waals surface area contributed by atoms with E-state index < -0.39 is 10.0 Å². The van der Waals surface area contributed by atoms with Crippen molar-refractivity contribution in [2.75, 3.05) is 45.2 Å². The van der Waals surface area contributed by atoms with Gasteiger partial charge in [-0.05, 0) is 74.8 Å². The quantitative estimate of drug-likeness (QED) is 0.466. The molecule has 2 aromatic carbocycles. The van der Waals surface area contributed by atoms with Crippen LogP contribution in [0.1, 0.15) is 30.6 Å². The number of carbonyl (C=O) groups excluding carboxylic acids is 1. The second-order valence-electron chi connectivity index (χ2n) is 9.66. The number of anilines is 1. The Morgan fingerprint density at radius 2 is 1.74 bits per heavy atom. The third-order valence-electron chi connectivity index (χ3n) is 6.16. The molecule has 0 spiro atoms. The van der Waals surface area contributed by atoms with Gasteiger partial charge in [0.05, 0.1) is 15.1 Å². The molecule has 0 bridgehead atoms. The molecule has 1 aromatic heterocycles. The molecule has 0 aliphatic carbocycles. The monoisotopic (exact) mass is 518 g/mol. The zero-order valence-corrected chi connectivity index (χ0v) is 22.1. The van der Waals surface area contributed by atoms with Crippen molar-refractivity contribution in [3.8, 4) is 0 Å². The average molecular weight is 519 g/mol. The minimum Gasteiger partial charge on any atom is -0.308 e. The number of piperidine rings is 1. The molecule has 1 aliphatic heterocycles. The van der Waals surface area contributed by atoms with Crippen LogP contribution in [0.25, 0.3) is 10.2 Å². The lowest BCUT2D eigenvalue weighted by Gasteiger charge is -2.34. The molecule has 1 fully saturated rings. The molecule has 0 N–H and O–H groups in total. The summed E-state index contributed by atoms with van der Waals surface area (Å²) < 4.78 is 42.3. The van der Waals surface area contributed by atoms with E-state index in [0.29, 0.717) is 58.9 Å². The average Bonchev–Trinajstić information content (AvgIpc) is 3.21. The summed E-state index contributed by atoms with van der Waals surface area (Å²) in [6.07, 6.45) is 1.01. The van der Waals surface area contributed by atoms with Gasteiger partial charge in [0.25, 0.3) is 5.91 Å². The van der Waals surface area contributed by atoms with Crippen LogP contribution >= 0.6 is 11.3 Å². The first-order valence-corrected chi connectivity index (χ1v) is 13.9. The molecule has 3 aromatic rings. The van der Waals surface area contributed by atoms with Gasteiger partial charge in [-0.1, -0.05) is 25.2 Å². The number of sulfonamides is 1. The predicted molar refractivity (Wildman–Crippen MR) is 138 cm³/mol. The fraction of sp³-hybridized carbons (Fsp3) is 0.440. The highest BCUT2D eigenvalue weighted by molar-refractivity contribution is 7.89. The van der Waals surface area contributed by atoms with Crippen molar-refractivity contribution in [2.45, 2.75) is 25.2 Å². The molecular weight excluding hydrogens is 487 g/mol. The normalized spacial score (nSPS) is 19.4. The van der Waals surface area contributed by atoms with Gasteiger partial charge in [0, 0.05) is 31.7 Å². The second-order valence-corrected chi connectivity index (χ2v) is 12.6. The molecule has 0 saturated carbocycles. The van der Waals surface area contributed by atoms with E-state index in [0.717, 1.165) is 6.42 Å². The van der Waals surface area contributed by atoms with E-state index in [1.165, 1.54) is 35.6 Å². The summed E-state index contributed by atoms with van der Waals surface area (Å²) >= 11 is 1.25. The Balaban J connectivity index is 1.60. The van der Waals surface area contributed by atoms with Crippen LogP contribution in [0.15, 0.2) is 47.4 Å². The van der Waals surface area contributed by atoms with Crippen LogP contribution in [-0.4, -0.2) is 68.8 Å². The smallest absolute Gasteiger partial charge is 0.260 e. The number of nitrogens with zero attached hydrogens (tertiary/aromatic N) is 4. The number of hydrogen-bond donors (Lipinski definition) is 0. The fourth-order valence-corrected chi connectivity index (χ4v) is 7.16. The Hall–Kier alpha value is -2.40. The third-order valence-corrected chi connectivity index (χ3v) is 9.05. The van der Waals surface area contributed by atoms with E-state index in [1.54, 1.807) is 27.4 Å². The van der Waals surface area contributed by atoms with E-state index in [2.05, 4.69) is 18.8 Å². The van der Waals surface area contributed by atoms with E-state index in [-0.39, 0.29) is 16.6 Å². The van der Waals surface area contributed by atoms with Crippen molar-refractivity contribution in [3.63, 3.8) is 0 Å². The lowest BCUT2D eigenvalue weighted by atomic mass is 9.94. The maximum atomic E-state index is 13.7. The van der Waals surface area contributed by atoms with Crippen molar-refractivity contribution in [1.29, 1.82) is 0 Å². The lowest BCUT2D eigenvalue weighted by molar-refractivity contribution is 0.0985. The number of rotatable bonds is 7. The Bertz CT molecular complexity index is 1300. The van der Waals surface area contributed by atoms with Gasteiger partial charge >= 0.3 is 0 Å². The Labute approximate surface area is 210 Å². The molecule has 1 saturated heterocycles. The van der Waals surface area contributed by atoms with E-state index in [4.69, 9.17) is 0 Å². The number of carbonyl (C=O) groups is 1. The topological polar surface area (TPSA) is 73.8 Å². The highest BCUT2D eigenvalue weighted by Crippen LogP contribution is 2.31. The number of hydrogen-bond acceptors (Lipinski definition) is 6. The second kappa shape index (κ2) is 10.3. The largest absolute Gasteiger partial charge is 0.308 e. The summed E-state index contributed by atoms with van der Waals surface area (Å²) in [5.41, 5.74) is 0.994. The molecule has 7 nitrogen and oxygen atoms in total. The molecule has 0 radical (unpaired) electrons. The highest BCUT2D eigenvalue weighted by atomic mass is 32.2. The van der Waals surface area contributed by atoms with E-state index >= 15 is 0 Å². The van der Waals surface area contributed by atoms with Crippen LogP contribution in [-0.2, 0) is 10.0 Å². The van der Waals surface area contributed by atoms with Crippen LogP contribution in [0.3, 0.4) is 0 Å². The standard InChI is InChI=1S/C25H31FN4O3S2/c1-17-13-18(2)16-29(15-17)35(32,33)21-8-5-19(6-9-21)24(31)30(12-11-28(3)4)25-27-22-10-7-20(26)14-23(22)34-25/h5-10,14,17-18H,11-13,15-16H2,1-4H3. The molecule has 10 heteroatoms. The third kappa shape index (κ3) is 5.72. The van der Waals surface area contributed by atoms with Crippen molar-refractivity contribution in [3.05, 3.63) is 53.8 Å². The van der Waals surface area contributed by atoms with Crippen molar-refractivity contribution in [2.24, 2.45) is 11.8 Å². The van der Waals surface area contributed by atoms with Crippen molar-refractivity contribution in [1.82, 2.24) is 14.2 Å². The van der Waals surface area contributed by atoms with Gasteiger partial charge in [0.2, 0.25) is 10.0 Å². The number of benzene rings is 2. The molecule has 2 heterocycles. The molecule has 1 amide bonds. The van der Waals surface area contributed by atoms with Gasteiger partial charge in [-0.25, -0.2) is 17.8 Å². The summed E-state index contributed by atoms with van der Waals surface area (Å²) in [6.45, 7) is 6.14. The summed E-state index contributed by atoms with van der Waals surface area (Å²) in [5.74, 6) is -0.0208. The zero-order valence-electron chi connectivity index (χ0n) is 20.4. The van der Waals surface area contributed by atoms with Crippen LogP contribution in [0, 0.1) is 17.7 Å². The van der Waals surface area contributed by atoms with E-state index in [9.17, 15) is 17.6 Å². The zero-order chi connectivity index (χ0) is 25.3. The Morgan fingerprint density at radius 3 is 2.37 bits per heavy atom. The van der Waals surface area contributed by atoms with Gasteiger partial charge in [-0.2, -0.15) is 4.31 Å². The molecular formula is C25H31FN4O3S2. The SMILES string of the molecule is CC1CC(C)CN(S(=O)(=O)c2ccc(C(=O)N(CCN(C)C)c3nc4ccc(F)cc4s3)cc2)C1. The predicted octanol–water partition coefficient (Wildman–Crippen LogP) is 4.31. The lowest BCUT2D eigenvalue weighted by Crippen LogP contribution is -2.42. The van der Waals surface area contributed by atoms with E-state index in [1.807, 2.05) is 19.0 Å². The van der Waals surface area contributed by atoms with Gasteiger partial charge < -0.3 is 4.90 Å². The number of halogens is 1. The van der Waals surface area contributed by atoms with Crippen LogP contribution < -0.4 is 4.90 Å². The molecule has 188 valence electrons. The molecule has 2 unspecified atom stereocenters. The van der Waals surface area contributed by atoms with Gasteiger partial charge in [-0.15, -0.1) is 0 Å². The Kier molecular flexibility index (Phi) is 7.56. The van der Waals surface area contributed by atoms with Crippen LogP contribution in [0.4, 0.5) is 9.52 Å². The molecule has 4 rings (SSSR count). The minimum absolute atomic E-state index is 0.186. The first-order valence-electron chi connectivity index (χ1n) is 11.7. The number of likely N-dealkylation sites (N-methyl/N-ethyl adjacent to an activating group) is 1. The maximum absolute atomic E-state index is 13.7. The number of thiazole rings is 1. The highest BCUT2D eigenvalue weighted by Gasteiger charge is 2.32. The van der Waals surface area contributed by atoms with Crippen LogP contribution in [0.5, 0.6) is 0 Å². The molecule has 1 aliphatic rings. The van der Waals surface area contributed by atoms with Gasteiger partial charge in [-0.3, -0.25) is 9.69 Å². The summed E-state index contributed by atoms with van der Waals surface area (Å²) in [7, 11) is 0.200. The van der Waals surface area contributed by atoms with Gasteiger partial charge in [0.15, 0.2) is 5.13 Å². The molecule has 2 atom stereocenters. The summed E-state index contributed by atoms with van der Waals surface area (Å²) in [4.78, 5) is 21.8. The first-order chi connectivity index (χ1) is 16.5.